The predicted molar refractivity (Wildman–Crippen MR) is 88.0 cm³/mol. The van der Waals surface area contributed by atoms with Gasteiger partial charge in [-0.25, -0.2) is 8.42 Å². The number of methoxy groups -OCH3 is 1. The quantitative estimate of drug-likeness (QED) is 0.812. The molecule has 0 heterocycles. The van der Waals surface area contributed by atoms with Gasteiger partial charge >= 0.3 is 0 Å². The van der Waals surface area contributed by atoms with Crippen LogP contribution in [0.5, 0.6) is 5.75 Å². The second-order valence-corrected chi connectivity index (χ2v) is 7.16. The monoisotopic (exact) mass is 333 g/mol. The fraction of sp³-hybridized carbons (Fsp3) is 0.235. The first-order chi connectivity index (χ1) is 10.9. The summed E-state index contributed by atoms with van der Waals surface area (Å²) >= 11 is 0. The van der Waals surface area contributed by atoms with Crippen molar-refractivity contribution in [3.05, 3.63) is 60.2 Å². The van der Waals surface area contributed by atoms with E-state index in [4.69, 9.17) is 4.74 Å². The highest BCUT2D eigenvalue weighted by Gasteiger charge is 2.21. The van der Waals surface area contributed by atoms with Gasteiger partial charge in [0.15, 0.2) is 9.84 Å². The van der Waals surface area contributed by atoms with Crippen molar-refractivity contribution in [3.8, 4) is 5.75 Å². The highest BCUT2D eigenvalue weighted by atomic mass is 32.2. The topological polar surface area (TPSA) is 63.7 Å². The standard InChI is InChI=1S/C17H19NO4S/c1-18(12-14-7-6-8-15(11-14)22-2)17(19)13-23(20,21)16-9-4-3-5-10-16/h3-11H,12-13H2,1-2H3. The van der Waals surface area contributed by atoms with E-state index in [-0.39, 0.29) is 4.90 Å². The van der Waals surface area contributed by atoms with Crippen LogP contribution in [0.4, 0.5) is 0 Å². The zero-order chi connectivity index (χ0) is 16.9. The number of benzene rings is 2. The molecule has 23 heavy (non-hydrogen) atoms. The minimum absolute atomic E-state index is 0.156. The number of hydrogen-bond acceptors (Lipinski definition) is 4. The van der Waals surface area contributed by atoms with Crippen molar-refractivity contribution in [2.45, 2.75) is 11.4 Å². The molecular formula is C17H19NO4S. The Bertz CT molecular complexity index is 772. The molecule has 0 aliphatic rings. The molecule has 0 unspecified atom stereocenters. The number of nitrogens with zero attached hydrogens (tertiary/aromatic N) is 1. The maximum absolute atomic E-state index is 12.2. The summed E-state index contributed by atoms with van der Waals surface area (Å²) in [5, 5.41) is 0. The third-order valence-electron chi connectivity index (χ3n) is 3.40. The van der Waals surface area contributed by atoms with Gasteiger partial charge in [-0.05, 0) is 29.8 Å². The molecule has 0 spiro atoms. The summed E-state index contributed by atoms with van der Waals surface area (Å²) in [5.41, 5.74) is 0.873. The first-order valence-corrected chi connectivity index (χ1v) is 8.72. The molecule has 0 aliphatic heterocycles. The summed E-state index contributed by atoms with van der Waals surface area (Å²) in [6.45, 7) is 0.320. The Morgan fingerprint density at radius 3 is 2.43 bits per heavy atom. The van der Waals surface area contributed by atoms with Crippen molar-refractivity contribution >= 4 is 15.7 Å². The van der Waals surface area contributed by atoms with E-state index in [0.29, 0.717) is 12.3 Å². The normalized spacial score (nSPS) is 11.0. The lowest BCUT2D eigenvalue weighted by molar-refractivity contribution is -0.127. The van der Waals surface area contributed by atoms with Crippen molar-refractivity contribution < 1.29 is 17.9 Å². The smallest absolute Gasteiger partial charge is 0.238 e. The maximum Gasteiger partial charge on any atom is 0.238 e. The molecule has 5 nitrogen and oxygen atoms in total. The van der Waals surface area contributed by atoms with E-state index < -0.39 is 21.5 Å². The molecule has 122 valence electrons. The van der Waals surface area contributed by atoms with Crippen molar-refractivity contribution in [1.82, 2.24) is 4.90 Å². The van der Waals surface area contributed by atoms with Crippen LogP contribution in [0.25, 0.3) is 0 Å². The third kappa shape index (κ3) is 4.56. The molecule has 2 aromatic rings. The molecule has 0 aromatic heterocycles. The van der Waals surface area contributed by atoms with E-state index in [0.717, 1.165) is 5.56 Å². The van der Waals surface area contributed by atoms with Crippen molar-refractivity contribution in [3.63, 3.8) is 0 Å². The van der Waals surface area contributed by atoms with Crippen molar-refractivity contribution in [2.75, 3.05) is 19.9 Å². The summed E-state index contributed by atoms with van der Waals surface area (Å²) < 4.78 is 29.6. The Kier molecular flexibility index (Phi) is 5.39. The van der Waals surface area contributed by atoms with Gasteiger partial charge in [-0.2, -0.15) is 0 Å². The second kappa shape index (κ2) is 7.28. The number of carbonyl (C=O) groups is 1. The predicted octanol–water partition coefficient (Wildman–Crippen LogP) is 2.13. The van der Waals surface area contributed by atoms with Gasteiger partial charge in [-0.1, -0.05) is 30.3 Å². The number of ether oxygens (including phenoxy) is 1. The molecule has 0 radical (unpaired) electrons. The van der Waals surface area contributed by atoms with Crippen LogP contribution in [0.15, 0.2) is 59.5 Å². The SMILES string of the molecule is COc1cccc(CN(C)C(=O)CS(=O)(=O)c2ccccc2)c1. The Morgan fingerprint density at radius 1 is 1.09 bits per heavy atom. The van der Waals surface area contributed by atoms with Crippen LogP contribution in [0.3, 0.4) is 0 Å². The first kappa shape index (κ1) is 17.0. The molecule has 0 bridgehead atoms. The van der Waals surface area contributed by atoms with Gasteiger partial charge in [0.2, 0.25) is 5.91 Å². The van der Waals surface area contributed by atoms with E-state index in [2.05, 4.69) is 0 Å². The van der Waals surface area contributed by atoms with E-state index in [1.54, 1.807) is 32.4 Å². The zero-order valence-electron chi connectivity index (χ0n) is 13.1. The molecular weight excluding hydrogens is 314 g/mol. The van der Waals surface area contributed by atoms with Gasteiger partial charge in [0.25, 0.3) is 0 Å². The van der Waals surface area contributed by atoms with E-state index in [1.807, 2.05) is 24.3 Å². The van der Waals surface area contributed by atoms with E-state index in [1.165, 1.54) is 17.0 Å². The molecule has 0 atom stereocenters. The average molecular weight is 333 g/mol. The summed E-state index contributed by atoms with van der Waals surface area (Å²) in [6.07, 6.45) is 0. The molecule has 0 saturated heterocycles. The van der Waals surface area contributed by atoms with Crippen LogP contribution in [-0.4, -0.2) is 39.1 Å². The Morgan fingerprint density at radius 2 is 1.78 bits per heavy atom. The van der Waals surface area contributed by atoms with Crippen LogP contribution >= 0.6 is 0 Å². The summed E-state index contributed by atoms with van der Waals surface area (Å²) in [7, 11) is -0.470. The van der Waals surface area contributed by atoms with Gasteiger partial charge < -0.3 is 9.64 Å². The van der Waals surface area contributed by atoms with E-state index >= 15 is 0 Å². The van der Waals surface area contributed by atoms with E-state index in [9.17, 15) is 13.2 Å². The lowest BCUT2D eigenvalue weighted by atomic mass is 10.2. The van der Waals surface area contributed by atoms with Crippen LogP contribution in [0.1, 0.15) is 5.56 Å². The third-order valence-corrected chi connectivity index (χ3v) is 5.01. The van der Waals surface area contributed by atoms with Crippen LogP contribution in [-0.2, 0) is 21.2 Å². The van der Waals surface area contributed by atoms with Gasteiger partial charge in [0.05, 0.1) is 12.0 Å². The molecule has 6 heteroatoms. The molecule has 2 rings (SSSR count). The van der Waals surface area contributed by atoms with Gasteiger partial charge in [-0.3, -0.25) is 4.79 Å². The number of carbonyl (C=O) groups excluding carboxylic acids is 1. The van der Waals surface area contributed by atoms with Crippen molar-refractivity contribution in [2.24, 2.45) is 0 Å². The van der Waals surface area contributed by atoms with Crippen LogP contribution in [0, 0.1) is 0 Å². The second-order valence-electron chi connectivity index (χ2n) is 5.17. The highest BCUT2D eigenvalue weighted by molar-refractivity contribution is 7.92. The zero-order valence-corrected chi connectivity index (χ0v) is 13.9. The fourth-order valence-corrected chi connectivity index (χ4v) is 3.40. The molecule has 0 saturated carbocycles. The van der Waals surface area contributed by atoms with Crippen molar-refractivity contribution in [1.29, 1.82) is 0 Å². The van der Waals surface area contributed by atoms with Gasteiger partial charge in [0, 0.05) is 13.6 Å². The summed E-state index contributed by atoms with van der Waals surface area (Å²) in [4.78, 5) is 13.8. The highest BCUT2D eigenvalue weighted by Crippen LogP contribution is 2.15. The minimum atomic E-state index is -3.63. The Hall–Kier alpha value is -2.34. The largest absolute Gasteiger partial charge is 0.497 e. The number of hydrogen-bond donors (Lipinski definition) is 0. The van der Waals surface area contributed by atoms with Crippen LogP contribution < -0.4 is 4.74 Å². The molecule has 0 N–H and O–H groups in total. The van der Waals surface area contributed by atoms with Crippen LogP contribution in [0.2, 0.25) is 0 Å². The first-order valence-electron chi connectivity index (χ1n) is 7.07. The number of sulfone groups is 1. The average Bonchev–Trinajstić information content (AvgIpc) is 2.55. The molecule has 2 aromatic carbocycles. The molecule has 1 amide bonds. The molecule has 0 fully saturated rings. The summed E-state index contributed by atoms with van der Waals surface area (Å²) in [5.74, 6) is -0.297. The van der Waals surface area contributed by atoms with Gasteiger partial charge in [-0.15, -0.1) is 0 Å². The lowest BCUT2D eigenvalue weighted by Gasteiger charge is -2.17. The molecule has 0 aliphatic carbocycles. The minimum Gasteiger partial charge on any atom is -0.497 e. The van der Waals surface area contributed by atoms with Gasteiger partial charge in [0.1, 0.15) is 11.5 Å². The number of amides is 1. The maximum atomic E-state index is 12.2. The lowest BCUT2D eigenvalue weighted by Crippen LogP contribution is -2.32. The Balaban J connectivity index is 2.05. The number of rotatable bonds is 6. The Labute approximate surface area is 136 Å². The fourth-order valence-electron chi connectivity index (χ4n) is 2.12. The summed E-state index contributed by atoms with van der Waals surface area (Å²) in [6, 6.07) is 15.3.